The average Bonchev–Trinajstić information content (AvgIpc) is 1.87. The van der Waals surface area contributed by atoms with Gasteiger partial charge in [0.2, 0.25) is 0 Å². The summed E-state index contributed by atoms with van der Waals surface area (Å²) >= 11 is 2.54. The Hall–Kier alpha value is 0.690. The number of alkyl halides is 1. The third-order valence-corrected chi connectivity index (χ3v) is 3.37. The van der Waals surface area contributed by atoms with Gasteiger partial charge in [0.1, 0.15) is 0 Å². The summed E-state index contributed by atoms with van der Waals surface area (Å²) in [5, 5.41) is 3.59. The monoisotopic (exact) mass is 269 g/mol. The number of rotatable bonds is 5. The summed E-state index contributed by atoms with van der Waals surface area (Å²) in [4.78, 5) is 0. The first-order chi connectivity index (χ1) is 5.04. The van der Waals surface area contributed by atoms with Crippen LogP contribution < -0.4 is 5.32 Å². The highest BCUT2D eigenvalue weighted by atomic mass is 127. The molecule has 11 heavy (non-hydrogen) atoms. The molecule has 0 spiro atoms. The van der Waals surface area contributed by atoms with E-state index >= 15 is 0 Å². The maximum atomic E-state index is 3.59. The highest BCUT2D eigenvalue weighted by Gasteiger charge is 2.22. The summed E-state index contributed by atoms with van der Waals surface area (Å²) in [6.07, 6.45) is 3.73. The van der Waals surface area contributed by atoms with Gasteiger partial charge in [0, 0.05) is 6.04 Å². The van der Waals surface area contributed by atoms with Crippen molar-refractivity contribution in [3.8, 4) is 0 Å². The third-order valence-electron chi connectivity index (χ3n) is 1.75. The second kappa shape index (κ2) is 5.36. The van der Waals surface area contributed by atoms with Crippen LogP contribution in [0.25, 0.3) is 0 Å². The molecule has 0 rings (SSSR count). The van der Waals surface area contributed by atoms with Crippen LogP contribution >= 0.6 is 22.6 Å². The number of nitrogens with one attached hydrogen (secondary N) is 1. The molecule has 1 atom stereocenters. The lowest BCUT2D eigenvalue weighted by Crippen LogP contribution is -2.42. The Morgan fingerprint density at radius 2 is 1.91 bits per heavy atom. The van der Waals surface area contributed by atoms with Crippen molar-refractivity contribution in [1.82, 2.24) is 5.32 Å². The van der Waals surface area contributed by atoms with Crippen molar-refractivity contribution in [3.05, 3.63) is 0 Å². The second-order valence-corrected chi connectivity index (χ2v) is 5.43. The zero-order valence-corrected chi connectivity index (χ0v) is 10.2. The van der Waals surface area contributed by atoms with Crippen molar-refractivity contribution in [2.24, 2.45) is 0 Å². The standard InChI is InChI=1S/C9H20IN/c1-5-7-9(10,6-2)11-8(3)4/h8,11H,5-7H2,1-4H3. The Bertz CT molecular complexity index is 104. The molecule has 0 aliphatic carbocycles. The smallest absolute Gasteiger partial charge is 0.0704 e. The fourth-order valence-electron chi connectivity index (χ4n) is 1.26. The molecule has 1 nitrogen and oxygen atoms in total. The van der Waals surface area contributed by atoms with Crippen LogP contribution in [0.1, 0.15) is 47.0 Å². The minimum absolute atomic E-state index is 0.334. The number of hydrogen-bond donors (Lipinski definition) is 1. The van der Waals surface area contributed by atoms with E-state index in [2.05, 4.69) is 55.6 Å². The quantitative estimate of drug-likeness (QED) is 0.458. The van der Waals surface area contributed by atoms with Crippen LogP contribution in [-0.2, 0) is 0 Å². The van der Waals surface area contributed by atoms with Crippen molar-refractivity contribution < 1.29 is 0 Å². The van der Waals surface area contributed by atoms with Crippen LogP contribution in [0.4, 0.5) is 0 Å². The SMILES string of the molecule is CCCC(I)(CC)NC(C)C. The summed E-state index contributed by atoms with van der Waals surface area (Å²) in [5.41, 5.74) is 0. The lowest BCUT2D eigenvalue weighted by atomic mass is 10.1. The molecule has 0 saturated heterocycles. The molecule has 0 aliphatic heterocycles. The van der Waals surface area contributed by atoms with Crippen molar-refractivity contribution in [2.45, 2.75) is 56.5 Å². The Morgan fingerprint density at radius 1 is 1.36 bits per heavy atom. The molecular weight excluding hydrogens is 249 g/mol. The van der Waals surface area contributed by atoms with Crippen molar-refractivity contribution in [1.29, 1.82) is 0 Å². The van der Waals surface area contributed by atoms with Gasteiger partial charge in [0.15, 0.2) is 0 Å². The summed E-state index contributed by atoms with van der Waals surface area (Å²) < 4.78 is 0.334. The molecule has 0 aromatic carbocycles. The van der Waals surface area contributed by atoms with Gasteiger partial charge >= 0.3 is 0 Å². The van der Waals surface area contributed by atoms with Gasteiger partial charge in [-0.15, -0.1) is 0 Å². The fraction of sp³-hybridized carbons (Fsp3) is 1.00. The maximum Gasteiger partial charge on any atom is 0.0704 e. The molecule has 0 fully saturated rings. The molecule has 1 N–H and O–H groups in total. The minimum atomic E-state index is 0.334. The molecular formula is C9H20IN. The largest absolute Gasteiger partial charge is 0.301 e. The predicted octanol–water partition coefficient (Wildman–Crippen LogP) is 3.33. The molecule has 0 aromatic heterocycles. The van der Waals surface area contributed by atoms with Gasteiger partial charge in [-0.2, -0.15) is 0 Å². The first kappa shape index (κ1) is 11.7. The van der Waals surface area contributed by atoms with Crippen LogP contribution in [0.15, 0.2) is 0 Å². The van der Waals surface area contributed by atoms with Gasteiger partial charge in [0.05, 0.1) is 3.55 Å². The minimum Gasteiger partial charge on any atom is -0.301 e. The maximum absolute atomic E-state index is 3.59. The van der Waals surface area contributed by atoms with Gasteiger partial charge < -0.3 is 5.32 Å². The Balaban J connectivity index is 3.87. The lowest BCUT2D eigenvalue weighted by Gasteiger charge is -2.29. The van der Waals surface area contributed by atoms with Gasteiger partial charge in [-0.05, 0) is 26.7 Å². The summed E-state index contributed by atoms with van der Waals surface area (Å²) in [6.45, 7) is 8.90. The number of halogens is 1. The Morgan fingerprint density at radius 3 is 2.18 bits per heavy atom. The highest BCUT2D eigenvalue weighted by molar-refractivity contribution is 14.1. The molecule has 2 heteroatoms. The molecule has 0 aliphatic rings. The topological polar surface area (TPSA) is 12.0 Å². The Labute approximate surface area is 84.5 Å². The van der Waals surface area contributed by atoms with E-state index in [1.807, 2.05) is 0 Å². The van der Waals surface area contributed by atoms with E-state index < -0.39 is 0 Å². The van der Waals surface area contributed by atoms with E-state index in [-0.39, 0.29) is 0 Å². The fourth-order valence-corrected chi connectivity index (χ4v) is 2.43. The van der Waals surface area contributed by atoms with E-state index in [9.17, 15) is 0 Å². The molecule has 0 aromatic rings. The van der Waals surface area contributed by atoms with Crippen LogP contribution in [0, 0.1) is 0 Å². The molecule has 1 unspecified atom stereocenters. The molecule has 0 radical (unpaired) electrons. The van der Waals surface area contributed by atoms with Crippen LogP contribution in [0.2, 0.25) is 0 Å². The normalized spacial score (nSPS) is 16.9. The van der Waals surface area contributed by atoms with Gasteiger partial charge in [-0.25, -0.2) is 0 Å². The molecule has 68 valence electrons. The van der Waals surface area contributed by atoms with Gasteiger partial charge in [0.25, 0.3) is 0 Å². The van der Waals surface area contributed by atoms with Crippen molar-refractivity contribution in [2.75, 3.05) is 0 Å². The van der Waals surface area contributed by atoms with E-state index in [0.29, 0.717) is 9.59 Å². The second-order valence-electron chi connectivity index (χ2n) is 3.37. The number of hydrogen-bond acceptors (Lipinski definition) is 1. The lowest BCUT2D eigenvalue weighted by molar-refractivity contribution is 0.406. The molecule has 0 bridgehead atoms. The molecule has 0 heterocycles. The van der Waals surface area contributed by atoms with Crippen LogP contribution in [0.3, 0.4) is 0 Å². The van der Waals surface area contributed by atoms with Crippen molar-refractivity contribution in [3.63, 3.8) is 0 Å². The summed E-state index contributed by atoms with van der Waals surface area (Å²) in [6, 6.07) is 0.596. The highest BCUT2D eigenvalue weighted by Crippen LogP contribution is 2.25. The third kappa shape index (κ3) is 5.01. The van der Waals surface area contributed by atoms with E-state index in [1.54, 1.807) is 0 Å². The van der Waals surface area contributed by atoms with Crippen LogP contribution in [0.5, 0.6) is 0 Å². The summed E-state index contributed by atoms with van der Waals surface area (Å²) in [7, 11) is 0. The average molecular weight is 269 g/mol. The van der Waals surface area contributed by atoms with E-state index in [0.717, 1.165) is 0 Å². The Kier molecular flexibility index (Phi) is 5.69. The zero-order chi connectivity index (χ0) is 8.91. The molecule has 0 amide bonds. The zero-order valence-electron chi connectivity index (χ0n) is 8.08. The van der Waals surface area contributed by atoms with E-state index in [4.69, 9.17) is 0 Å². The van der Waals surface area contributed by atoms with Crippen LogP contribution in [-0.4, -0.2) is 9.59 Å². The van der Waals surface area contributed by atoms with Crippen molar-refractivity contribution >= 4 is 22.6 Å². The van der Waals surface area contributed by atoms with Gasteiger partial charge in [-0.1, -0.05) is 42.9 Å². The summed E-state index contributed by atoms with van der Waals surface area (Å²) in [5.74, 6) is 0. The first-order valence-corrected chi connectivity index (χ1v) is 5.58. The van der Waals surface area contributed by atoms with Gasteiger partial charge in [-0.3, -0.25) is 0 Å². The molecule has 0 saturated carbocycles. The van der Waals surface area contributed by atoms with E-state index in [1.165, 1.54) is 19.3 Å². The first-order valence-electron chi connectivity index (χ1n) is 4.50. The predicted molar refractivity (Wildman–Crippen MR) is 60.2 cm³/mol.